The first-order chi connectivity index (χ1) is 20.1. The lowest BCUT2D eigenvalue weighted by Crippen LogP contribution is -2.53. The van der Waals surface area contributed by atoms with E-state index >= 15 is 0 Å². The first kappa shape index (κ1) is 31.6. The Bertz CT molecular complexity index is 1660. The molecular formula is C31H28BrCl2N3O4S. The zero-order chi connectivity index (χ0) is 30.3. The molecule has 1 atom stereocenters. The summed E-state index contributed by atoms with van der Waals surface area (Å²) in [6.45, 7) is -0.564. The van der Waals surface area contributed by atoms with E-state index in [0.29, 0.717) is 5.02 Å². The van der Waals surface area contributed by atoms with E-state index in [1.54, 1.807) is 18.2 Å². The zero-order valence-electron chi connectivity index (χ0n) is 22.6. The number of nitrogens with zero attached hydrogens (tertiary/aromatic N) is 2. The molecule has 0 aromatic heterocycles. The van der Waals surface area contributed by atoms with Gasteiger partial charge in [0.25, 0.3) is 10.0 Å². The highest BCUT2D eigenvalue weighted by Crippen LogP contribution is 2.33. The fourth-order valence-corrected chi connectivity index (χ4v) is 6.93. The molecule has 2 amide bonds. The molecule has 0 aliphatic rings. The van der Waals surface area contributed by atoms with Crippen LogP contribution in [-0.2, 0) is 32.6 Å². The maximum Gasteiger partial charge on any atom is 0.264 e. The van der Waals surface area contributed by atoms with Crippen LogP contribution < -0.4 is 9.62 Å². The molecule has 0 heterocycles. The first-order valence-electron chi connectivity index (χ1n) is 12.9. The van der Waals surface area contributed by atoms with Gasteiger partial charge in [0.2, 0.25) is 11.8 Å². The van der Waals surface area contributed by atoms with Gasteiger partial charge in [-0.25, -0.2) is 8.42 Å². The second kappa shape index (κ2) is 14.2. The fraction of sp³-hybridized carbons (Fsp3) is 0.161. The molecule has 4 rings (SSSR count). The molecule has 218 valence electrons. The van der Waals surface area contributed by atoms with Gasteiger partial charge in [0.15, 0.2) is 0 Å². The predicted octanol–water partition coefficient (Wildman–Crippen LogP) is 6.34. The lowest BCUT2D eigenvalue weighted by molar-refractivity contribution is -0.139. The summed E-state index contributed by atoms with van der Waals surface area (Å²) < 4.78 is 29.7. The summed E-state index contributed by atoms with van der Waals surface area (Å²) in [7, 11) is -2.76. The Balaban J connectivity index is 1.81. The van der Waals surface area contributed by atoms with E-state index in [1.807, 2.05) is 54.6 Å². The number of nitrogens with one attached hydrogen (secondary N) is 1. The van der Waals surface area contributed by atoms with Gasteiger partial charge in [-0.15, -0.1) is 0 Å². The molecule has 1 N–H and O–H groups in total. The van der Waals surface area contributed by atoms with E-state index in [1.165, 1.54) is 42.3 Å². The van der Waals surface area contributed by atoms with Crippen molar-refractivity contribution < 1.29 is 18.0 Å². The van der Waals surface area contributed by atoms with Crippen molar-refractivity contribution in [1.82, 2.24) is 10.2 Å². The van der Waals surface area contributed by atoms with Crippen LogP contribution >= 0.6 is 39.1 Å². The second-order valence-electron chi connectivity index (χ2n) is 9.39. The number of sulfonamides is 1. The van der Waals surface area contributed by atoms with E-state index in [-0.39, 0.29) is 34.5 Å². The third kappa shape index (κ3) is 7.72. The van der Waals surface area contributed by atoms with Crippen LogP contribution in [0.3, 0.4) is 0 Å². The van der Waals surface area contributed by atoms with E-state index in [0.717, 1.165) is 19.9 Å². The van der Waals surface area contributed by atoms with Gasteiger partial charge in [0.1, 0.15) is 12.6 Å². The number of hydrogen-bond donors (Lipinski definition) is 1. The third-order valence-electron chi connectivity index (χ3n) is 6.55. The zero-order valence-corrected chi connectivity index (χ0v) is 26.5. The molecule has 0 saturated carbocycles. The summed E-state index contributed by atoms with van der Waals surface area (Å²) in [6, 6.07) is 27.9. The minimum atomic E-state index is -4.26. The number of amides is 2. The minimum Gasteiger partial charge on any atom is -0.357 e. The monoisotopic (exact) mass is 687 g/mol. The van der Waals surface area contributed by atoms with Crippen molar-refractivity contribution in [3.63, 3.8) is 0 Å². The molecule has 0 fully saturated rings. The molecule has 0 bridgehead atoms. The smallest absolute Gasteiger partial charge is 0.264 e. The van der Waals surface area contributed by atoms with Crippen molar-refractivity contribution in [1.29, 1.82) is 0 Å². The highest BCUT2D eigenvalue weighted by Gasteiger charge is 2.35. The van der Waals surface area contributed by atoms with Crippen molar-refractivity contribution >= 4 is 66.7 Å². The minimum absolute atomic E-state index is 0.0190. The van der Waals surface area contributed by atoms with Gasteiger partial charge in [-0.2, -0.15) is 0 Å². The number of hydrogen-bond acceptors (Lipinski definition) is 4. The fourth-order valence-electron chi connectivity index (χ4n) is 4.47. The van der Waals surface area contributed by atoms with Gasteiger partial charge in [-0.05, 0) is 53.6 Å². The standard InChI is InChI=1S/C31H28BrCl2N3O4S/c1-35-31(39)29(18-22-9-4-2-5-10-22)36(20-23-11-8-12-24(32)17-23)30(38)21-37(28-16-15-25(33)19-27(28)34)42(40,41)26-13-6-3-7-14-26/h2-17,19,29H,18,20-21H2,1H3,(H,35,39). The SMILES string of the molecule is CNC(=O)C(Cc1ccccc1)N(Cc1cccc(Br)c1)C(=O)CN(c1ccc(Cl)cc1Cl)S(=O)(=O)c1ccccc1. The van der Waals surface area contributed by atoms with Crippen molar-refractivity contribution in [2.24, 2.45) is 0 Å². The lowest BCUT2D eigenvalue weighted by atomic mass is 10.0. The summed E-state index contributed by atoms with van der Waals surface area (Å²) in [5, 5.41) is 3.03. The lowest BCUT2D eigenvalue weighted by Gasteiger charge is -2.33. The Morgan fingerprint density at radius 2 is 1.50 bits per heavy atom. The van der Waals surface area contributed by atoms with Gasteiger partial charge < -0.3 is 10.2 Å². The molecule has 7 nitrogen and oxygen atoms in total. The summed E-state index contributed by atoms with van der Waals surface area (Å²) in [5.41, 5.74) is 1.68. The topological polar surface area (TPSA) is 86.8 Å². The van der Waals surface area contributed by atoms with Crippen LogP contribution in [0.4, 0.5) is 5.69 Å². The van der Waals surface area contributed by atoms with Gasteiger partial charge in [-0.3, -0.25) is 13.9 Å². The summed E-state index contributed by atoms with van der Waals surface area (Å²) in [6.07, 6.45) is 0.216. The Morgan fingerprint density at radius 1 is 0.857 bits per heavy atom. The van der Waals surface area contributed by atoms with E-state index in [2.05, 4.69) is 21.2 Å². The molecule has 42 heavy (non-hydrogen) atoms. The Hall–Kier alpha value is -3.37. The van der Waals surface area contributed by atoms with Crippen LogP contribution in [0.25, 0.3) is 0 Å². The van der Waals surface area contributed by atoms with Gasteiger partial charge >= 0.3 is 0 Å². The quantitative estimate of drug-likeness (QED) is 0.199. The third-order valence-corrected chi connectivity index (χ3v) is 9.35. The summed E-state index contributed by atoms with van der Waals surface area (Å²) in [4.78, 5) is 29.0. The molecule has 4 aromatic rings. The van der Waals surface area contributed by atoms with E-state index in [9.17, 15) is 18.0 Å². The van der Waals surface area contributed by atoms with Crippen molar-refractivity contribution in [3.05, 3.63) is 129 Å². The van der Waals surface area contributed by atoms with Crippen molar-refractivity contribution in [2.45, 2.75) is 23.9 Å². The number of likely N-dealkylation sites (N-methyl/N-ethyl adjacent to an activating group) is 1. The largest absolute Gasteiger partial charge is 0.357 e. The van der Waals surface area contributed by atoms with Crippen LogP contribution in [0.15, 0.2) is 112 Å². The molecule has 0 radical (unpaired) electrons. The Morgan fingerprint density at radius 3 is 2.12 bits per heavy atom. The first-order valence-corrected chi connectivity index (χ1v) is 15.9. The molecule has 0 spiro atoms. The predicted molar refractivity (Wildman–Crippen MR) is 170 cm³/mol. The highest BCUT2D eigenvalue weighted by molar-refractivity contribution is 9.10. The molecule has 0 aliphatic carbocycles. The van der Waals surface area contributed by atoms with Crippen LogP contribution in [-0.4, -0.2) is 44.8 Å². The number of carbonyl (C=O) groups excluding carboxylic acids is 2. The summed E-state index contributed by atoms with van der Waals surface area (Å²) in [5.74, 6) is -0.978. The van der Waals surface area contributed by atoms with Gasteiger partial charge in [-0.1, -0.05) is 99.8 Å². The van der Waals surface area contributed by atoms with Crippen molar-refractivity contribution in [2.75, 3.05) is 17.9 Å². The van der Waals surface area contributed by atoms with Crippen LogP contribution in [0.2, 0.25) is 10.0 Å². The number of halogens is 3. The van der Waals surface area contributed by atoms with Gasteiger partial charge in [0.05, 0.1) is 15.6 Å². The molecular weight excluding hydrogens is 661 g/mol. The Kier molecular flexibility index (Phi) is 10.7. The molecule has 0 aliphatic heterocycles. The maximum absolute atomic E-state index is 14.3. The summed E-state index contributed by atoms with van der Waals surface area (Å²) >= 11 is 16.1. The second-order valence-corrected chi connectivity index (χ2v) is 13.0. The Labute approximate surface area is 264 Å². The van der Waals surface area contributed by atoms with E-state index < -0.39 is 28.5 Å². The normalized spacial score (nSPS) is 11.9. The average molecular weight is 689 g/mol. The molecule has 4 aromatic carbocycles. The van der Waals surface area contributed by atoms with Crippen LogP contribution in [0.5, 0.6) is 0 Å². The van der Waals surface area contributed by atoms with E-state index in [4.69, 9.17) is 23.2 Å². The molecule has 0 saturated heterocycles. The number of carbonyl (C=O) groups is 2. The number of anilines is 1. The molecule has 1 unspecified atom stereocenters. The average Bonchev–Trinajstić information content (AvgIpc) is 2.98. The maximum atomic E-state index is 14.3. The number of rotatable bonds is 11. The van der Waals surface area contributed by atoms with Crippen molar-refractivity contribution in [3.8, 4) is 0 Å². The molecule has 11 heteroatoms. The van der Waals surface area contributed by atoms with Crippen LogP contribution in [0.1, 0.15) is 11.1 Å². The van der Waals surface area contributed by atoms with Gasteiger partial charge in [0, 0.05) is 29.5 Å². The number of benzene rings is 4. The van der Waals surface area contributed by atoms with Crippen LogP contribution in [0, 0.1) is 0 Å². The highest BCUT2D eigenvalue weighted by atomic mass is 79.9.